The molecule has 0 radical (unpaired) electrons. The van der Waals surface area contributed by atoms with E-state index < -0.39 is 0 Å². The lowest BCUT2D eigenvalue weighted by molar-refractivity contribution is -0.122. The van der Waals surface area contributed by atoms with Gasteiger partial charge in [-0.2, -0.15) is 0 Å². The van der Waals surface area contributed by atoms with Crippen molar-refractivity contribution in [1.29, 1.82) is 0 Å². The molecule has 0 spiro atoms. The number of aryl methyl sites for hydroxylation is 1. The van der Waals surface area contributed by atoms with Crippen molar-refractivity contribution in [3.05, 3.63) is 29.8 Å². The van der Waals surface area contributed by atoms with Gasteiger partial charge in [-0.1, -0.05) is 38.8 Å². The molecule has 1 aliphatic rings. The van der Waals surface area contributed by atoms with Gasteiger partial charge in [0.05, 0.1) is 0 Å². The van der Waals surface area contributed by atoms with Crippen LogP contribution in [0.3, 0.4) is 0 Å². The zero-order valence-electron chi connectivity index (χ0n) is 12.6. The fourth-order valence-electron chi connectivity index (χ4n) is 3.01. The Kier molecular flexibility index (Phi) is 5.05. The topological polar surface area (TPSA) is 55.1 Å². The molecule has 0 aromatic heterocycles. The first kappa shape index (κ1) is 14.9. The molecule has 110 valence electrons. The number of nitrogens with two attached hydrogens (primary N) is 1. The molecule has 3 unspecified atom stereocenters. The summed E-state index contributed by atoms with van der Waals surface area (Å²) in [6, 6.07) is 8.12. The lowest BCUT2D eigenvalue weighted by atomic mass is 9.78. The van der Waals surface area contributed by atoms with Gasteiger partial charge >= 0.3 is 0 Å². The second-order valence-corrected chi connectivity index (χ2v) is 6.18. The van der Waals surface area contributed by atoms with Crippen molar-refractivity contribution in [3.63, 3.8) is 0 Å². The number of benzene rings is 1. The van der Waals surface area contributed by atoms with Crippen LogP contribution in [0.15, 0.2) is 24.3 Å². The molecule has 3 atom stereocenters. The maximum atomic E-state index is 12.1. The zero-order valence-corrected chi connectivity index (χ0v) is 12.6. The number of hydrogen-bond donors (Lipinski definition) is 2. The predicted molar refractivity (Wildman–Crippen MR) is 83.3 cm³/mol. The van der Waals surface area contributed by atoms with Crippen molar-refractivity contribution in [2.24, 2.45) is 11.8 Å². The van der Waals surface area contributed by atoms with E-state index in [2.05, 4.69) is 19.2 Å². The quantitative estimate of drug-likeness (QED) is 0.829. The van der Waals surface area contributed by atoms with E-state index >= 15 is 0 Å². The number of anilines is 1. The summed E-state index contributed by atoms with van der Waals surface area (Å²) in [4.78, 5) is 12.1. The summed E-state index contributed by atoms with van der Waals surface area (Å²) >= 11 is 0. The Labute approximate surface area is 121 Å². The van der Waals surface area contributed by atoms with Crippen molar-refractivity contribution >= 4 is 11.6 Å². The molecule has 1 aliphatic carbocycles. The monoisotopic (exact) mass is 274 g/mol. The van der Waals surface area contributed by atoms with Crippen LogP contribution in [-0.4, -0.2) is 11.9 Å². The van der Waals surface area contributed by atoms with Crippen LogP contribution in [0.2, 0.25) is 0 Å². The molecule has 1 aromatic carbocycles. The van der Waals surface area contributed by atoms with Gasteiger partial charge in [0.2, 0.25) is 5.91 Å². The smallest absolute Gasteiger partial charge is 0.220 e. The highest BCUT2D eigenvalue weighted by Crippen LogP contribution is 2.29. The summed E-state index contributed by atoms with van der Waals surface area (Å²) in [7, 11) is 0. The largest absolute Gasteiger partial charge is 0.399 e. The molecule has 0 saturated heterocycles. The van der Waals surface area contributed by atoms with Gasteiger partial charge in [-0.3, -0.25) is 4.79 Å². The first-order chi connectivity index (χ1) is 9.56. The average molecular weight is 274 g/mol. The third-order valence-electron chi connectivity index (χ3n) is 4.67. The molecular formula is C17H26N2O. The molecule has 3 N–H and O–H groups in total. The third-order valence-corrected chi connectivity index (χ3v) is 4.67. The van der Waals surface area contributed by atoms with Gasteiger partial charge in [-0.05, 0) is 42.4 Å². The van der Waals surface area contributed by atoms with E-state index in [0.29, 0.717) is 24.3 Å². The number of amides is 1. The summed E-state index contributed by atoms with van der Waals surface area (Å²) in [6.07, 6.45) is 4.98. The minimum atomic E-state index is 0.174. The van der Waals surface area contributed by atoms with Gasteiger partial charge in [-0.25, -0.2) is 0 Å². The maximum absolute atomic E-state index is 12.1. The lowest BCUT2D eigenvalue weighted by Gasteiger charge is -2.34. The summed E-state index contributed by atoms with van der Waals surface area (Å²) < 4.78 is 0. The number of carbonyl (C=O) groups is 1. The first-order valence-corrected chi connectivity index (χ1v) is 7.70. The Morgan fingerprint density at radius 3 is 2.65 bits per heavy atom. The van der Waals surface area contributed by atoms with Crippen LogP contribution in [0.5, 0.6) is 0 Å². The maximum Gasteiger partial charge on any atom is 0.220 e. The van der Waals surface area contributed by atoms with Crippen molar-refractivity contribution < 1.29 is 4.79 Å². The highest BCUT2D eigenvalue weighted by atomic mass is 16.1. The van der Waals surface area contributed by atoms with Gasteiger partial charge in [-0.15, -0.1) is 0 Å². The Bertz CT molecular complexity index is 441. The molecule has 3 nitrogen and oxygen atoms in total. The van der Waals surface area contributed by atoms with E-state index in [1.165, 1.54) is 18.4 Å². The Balaban J connectivity index is 1.79. The molecule has 0 aliphatic heterocycles. The van der Waals surface area contributed by atoms with Crippen LogP contribution in [0.25, 0.3) is 0 Å². The van der Waals surface area contributed by atoms with Gasteiger partial charge in [0.1, 0.15) is 0 Å². The fraction of sp³-hybridized carbons (Fsp3) is 0.588. The SMILES string of the molecule is CC1CCCC(NC(=O)CCc2ccc(N)cc2)C1C. The lowest BCUT2D eigenvalue weighted by Crippen LogP contribution is -2.43. The van der Waals surface area contributed by atoms with E-state index in [1.807, 2.05) is 24.3 Å². The minimum absolute atomic E-state index is 0.174. The Morgan fingerprint density at radius 1 is 1.25 bits per heavy atom. The molecule has 2 rings (SSSR count). The van der Waals surface area contributed by atoms with E-state index in [9.17, 15) is 4.79 Å². The first-order valence-electron chi connectivity index (χ1n) is 7.70. The molecule has 3 heteroatoms. The standard InChI is InChI=1S/C17H26N2O/c1-12-4-3-5-16(13(12)2)19-17(20)11-8-14-6-9-15(18)10-7-14/h6-7,9-10,12-13,16H,3-5,8,11,18H2,1-2H3,(H,19,20). The molecule has 1 saturated carbocycles. The van der Waals surface area contributed by atoms with Gasteiger partial charge in [0, 0.05) is 18.2 Å². The van der Waals surface area contributed by atoms with Crippen LogP contribution < -0.4 is 11.1 Å². The van der Waals surface area contributed by atoms with Crippen LogP contribution >= 0.6 is 0 Å². The van der Waals surface area contributed by atoms with Crippen molar-refractivity contribution in [1.82, 2.24) is 5.32 Å². The second kappa shape index (κ2) is 6.78. The molecular weight excluding hydrogens is 248 g/mol. The summed E-state index contributed by atoms with van der Waals surface area (Å²) in [5, 5.41) is 3.22. The zero-order chi connectivity index (χ0) is 14.5. The predicted octanol–water partition coefficient (Wildman–Crippen LogP) is 3.14. The number of nitrogens with one attached hydrogen (secondary N) is 1. The molecule has 20 heavy (non-hydrogen) atoms. The molecule has 1 amide bonds. The Hall–Kier alpha value is -1.51. The number of nitrogen functional groups attached to an aromatic ring is 1. The van der Waals surface area contributed by atoms with E-state index in [1.54, 1.807) is 0 Å². The van der Waals surface area contributed by atoms with Gasteiger partial charge < -0.3 is 11.1 Å². The number of carbonyl (C=O) groups excluding carboxylic acids is 1. The van der Waals surface area contributed by atoms with Gasteiger partial charge in [0.15, 0.2) is 0 Å². The van der Waals surface area contributed by atoms with Crippen molar-refractivity contribution in [2.45, 2.75) is 52.0 Å². The van der Waals surface area contributed by atoms with Crippen LogP contribution in [0.4, 0.5) is 5.69 Å². The fourth-order valence-corrected chi connectivity index (χ4v) is 3.01. The normalized spacial score (nSPS) is 26.2. The van der Waals surface area contributed by atoms with Crippen LogP contribution in [0.1, 0.15) is 45.1 Å². The van der Waals surface area contributed by atoms with Gasteiger partial charge in [0.25, 0.3) is 0 Å². The minimum Gasteiger partial charge on any atom is -0.399 e. The average Bonchev–Trinajstić information content (AvgIpc) is 2.43. The van der Waals surface area contributed by atoms with Crippen molar-refractivity contribution in [2.75, 3.05) is 5.73 Å². The van der Waals surface area contributed by atoms with Crippen molar-refractivity contribution in [3.8, 4) is 0 Å². The third kappa shape index (κ3) is 3.99. The summed E-state index contributed by atoms with van der Waals surface area (Å²) in [5.74, 6) is 1.48. The highest BCUT2D eigenvalue weighted by Gasteiger charge is 2.27. The molecule has 0 bridgehead atoms. The van der Waals surface area contributed by atoms with E-state index in [0.717, 1.165) is 18.5 Å². The number of hydrogen-bond acceptors (Lipinski definition) is 2. The molecule has 1 fully saturated rings. The summed E-state index contributed by atoms with van der Waals surface area (Å²) in [6.45, 7) is 4.55. The molecule has 1 aromatic rings. The summed E-state index contributed by atoms with van der Waals surface area (Å²) in [5.41, 5.74) is 7.59. The van der Waals surface area contributed by atoms with Crippen LogP contribution in [-0.2, 0) is 11.2 Å². The molecule has 0 heterocycles. The van der Waals surface area contributed by atoms with Crippen LogP contribution in [0, 0.1) is 11.8 Å². The second-order valence-electron chi connectivity index (χ2n) is 6.18. The Morgan fingerprint density at radius 2 is 1.95 bits per heavy atom. The van der Waals surface area contributed by atoms with E-state index in [4.69, 9.17) is 5.73 Å². The highest BCUT2D eigenvalue weighted by molar-refractivity contribution is 5.76. The van der Waals surface area contributed by atoms with E-state index in [-0.39, 0.29) is 5.91 Å². The number of rotatable bonds is 4.